The third-order valence-corrected chi connectivity index (χ3v) is 12.2. The number of anilines is 1. The Hall–Kier alpha value is -3.97. The van der Waals surface area contributed by atoms with Crippen LogP contribution in [0.5, 0.6) is 6.01 Å². The lowest BCUT2D eigenvalue weighted by Crippen LogP contribution is -2.45. The van der Waals surface area contributed by atoms with Crippen molar-refractivity contribution in [3.05, 3.63) is 65.6 Å². The number of aromatic nitrogens is 3. The van der Waals surface area contributed by atoms with Crippen molar-refractivity contribution in [2.24, 2.45) is 0 Å². The van der Waals surface area contributed by atoms with Crippen LogP contribution in [0.25, 0.3) is 32.9 Å². The number of nitrogens with one attached hydrogen (secondary N) is 1. The van der Waals surface area contributed by atoms with Crippen LogP contribution in [-0.2, 0) is 9.53 Å². The summed E-state index contributed by atoms with van der Waals surface area (Å²) in [4.78, 5) is 33.8. The largest absolute Gasteiger partial charge is 0.461 e. The summed E-state index contributed by atoms with van der Waals surface area (Å²) in [5.41, 5.74) is 0.298. The lowest BCUT2D eigenvalue weighted by atomic mass is 9.95. The van der Waals surface area contributed by atoms with Gasteiger partial charge in [-0.2, -0.15) is 9.97 Å². The highest BCUT2D eigenvalue weighted by atomic mass is 35.5. The van der Waals surface area contributed by atoms with E-state index in [1.807, 2.05) is 35.2 Å². The molecule has 1 saturated carbocycles. The van der Waals surface area contributed by atoms with Gasteiger partial charge >= 0.3 is 6.01 Å². The van der Waals surface area contributed by atoms with Crippen molar-refractivity contribution in [2.75, 3.05) is 57.9 Å². The van der Waals surface area contributed by atoms with Crippen LogP contribution in [0.3, 0.4) is 0 Å². The van der Waals surface area contributed by atoms with Gasteiger partial charge in [0.05, 0.1) is 24.1 Å². The van der Waals surface area contributed by atoms with Gasteiger partial charge < -0.3 is 19.7 Å². The molecule has 2 bridgehead atoms. The average molecular weight is 744 g/mol. The molecule has 4 aliphatic heterocycles. The van der Waals surface area contributed by atoms with E-state index in [0.29, 0.717) is 65.3 Å². The molecule has 4 atom stereocenters. The highest BCUT2D eigenvalue weighted by molar-refractivity contribution is 6.36. The van der Waals surface area contributed by atoms with Gasteiger partial charge in [0.15, 0.2) is 5.82 Å². The average Bonchev–Trinajstić information content (AvgIpc) is 3.80. The van der Waals surface area contributed by atoms with Gasteiger partial charge in [-0.1, -0.05) is 48.0 Å². The van der Waals surface area contributed by atoms with Crippen molar-refractivity contribution < 1.29 is 23.0 Å². The second-order valence-corrected chi connectivity index (χ2v) is 15.7. The highest BCUT2D eigenvalue weighted by Gasteiger charge is 2.49. The van der Waals surface area contributed by atoms with Gasteiger partial charge in [-0.15, -0.1) is 0 Å². The lowest BCUT2D eigenvalue weighted by Gasteiger charge is -2.33. The van der Waals surface area contributed by atoms with Crippen LogP contribution in [-0.4, -0.2) is 118 Å². The van der Waals surface area contributed by atoms with E-state index in [2.05, 4.69) is 25.1 Å². The Balaban J connectivity index is 0.980. The molecule has 2 aromatic carbocycles. The Morgan fingerprint density at radius 3 is 2.75 bits per heavy atom. The van der Waals surface area contributed by atoms with Gasteiger partial charge in [-0.3, -0.25) is 19.6 Å². The zero-order chi connectivity index (χ0) is 36.1. The molecule has 2 aromatic heterocycles. The van der Waals surface area contributed by atoms with E-state index in [0.717, 1.165) is 70.2 Å². The minimum atomic E-state index is -0.909. The second-order valence-electron chi connectivity index (χ2n) is 15.3. The van der Waals surface area contributed by atoms with Gasteiger partial charge in [0, 0.05) is 79.0 Å². The number of hydrogen-bond acceptors (Lipinski definition) is 9. The number of nitrogens with zero attached hydrogens (tertiary/aromatic N) is 6. The molecule has 1 amide bonds. The number of hydrogen-bond donors (Lipinski definition) is 1. The fourth-order valence-corrected chi connectivity index (χ4v) is 9.38. The predicted octanol–water partition coefficient (Wildman–Crippen LogP) is 6.42. The smallest absolute Gasteiger partial charge is 0.319 e. The summed E-state index contributed by atoms with van der Waals surface area (Å²) in [5, 5.41) is 5.81. The molecule has 10 nitrogen and oxygen atoms in total. The molecular formula is C40H44ClF2N7O3. The van der Waals surface area contributed by atoms with Crippen molar-refractivity contribution in [2.45, 2.75) is 74.8 Å². The number of ether oxygens (including phenoxy) is 2. The number of pyridine rings is 1. The third kappa shape index (κ3) is 6.72. The minimum absolute atomic E-state index is 0.00525. The molecule has 5 fully saturated rings. The Bertz CT molecular complexity index is 2040. The maximum atomic E-state index is 16.7. The van der Waals surface area contributed by atoms with Gasteiger partial charge in [-0.25, -0.2) is 8.78 Å². The molecule has 1 aliphatic carbocycles. The summed E-state index contributed by atoms with van der Waals surface area (Å²) in [5.74, 6) is -0.277. The standard InChI is InChI=1S/C40H44ClF2N7O3/c41-32-8-2-6-25-5-1-7-30(34(25)32)36-35(43)37-31(20-45-36)38(47-39(46-37)53-24-40-14-4-16-48(40)21-26(42)19-40)44-15-18-50(27-10-11-27)33(51)9-3-17-49-28-12-13-29(49)23-52-22-28/h1-3,5-9,20,26-29H,4,10-19,21-24H2,(H,44,46,47)/b9-3+/t26-,28?,29?,40+/m1/s1. The molecule has 2 unspecified atom stereocenters. The quantitative estimate of drug-likeness (QED) is 0.165. The summed E-state index contributed by atoms with van der Waals surface area (Å²) in [6, 6.07) is 12.2. The van der Waals surface area contributed by atoms with Crippen LogP contribution in [0.15, 0.2) is 54.7 Å². The maximum absolute atomic E-state index is 16.7. The van der Waals surface area contributed by atoms with Crippen LogP contribution < -0.4 is 10.1 Å². The Kier molecular flexibility index (Phi) is 9.42. The van der Waals surface area contributed by atoms with Crippen molar-refractivity contribution >= 4 is 45.0 Å². The Labute approximate surface area is 312 Å². The molecule has 13 heteroatoms. The first kappa shape index (κ1) is 34.8. The lowest BCUT2D eigenvalue weighted by molar-refractivity contribution is -0.126. The number of carbonyl (C=O) groups excluding carboxylic acids is 1. The van der Waals surface area contributed by atoms with Gasteiger partial charge in [0.1, 0.15) is 29.8 Å². The summed E-state index contributed by atoms with van der Waals surface area (Å²) in [6.07, 6.45) is 10.8. The number of fused-ring (bicyclic) bond motifs is 5. The van der Waals surface area contributed by atoms with Crippen LogP contribution in [0.1, 0.15) is 44.9 Å². The monoisotopic (exact) mass is 743 g/mol. The van der Waals surface area contributed by atoms with E-state index in [-0.39, 0.29) is 35.8 Å². The minimum Gasteiger partial charge on any atom is -0.461 e. The summed E-state index contributed by atoms with van der Waals surface area (Å²) in [7, 11) is 0. The zero-order valence-electron chi connectivity index (χ0n) is 29.7. The fraction of sp³-hybridized carbons (Fsp3) is 0.500. The summed E-state index contributed by atoms with van der Waals surface area (Å²) in [6.45, 7) is 4.51. The number of alkyl halides is 1. The summed E-state index contributed by atoms with van der Waals surface area (Å²) < 4.78 is 43.3. The fourth-order valence-electron chi connectivity index (χ4n) is 9.10. The third-order valence-electron chi connectivity index (χ3n) is 11.9. The molecule has 0 spiro atoms. The van der Waals surface area contributed by atoms with E-state index in [9.17, 15) is 9.18 Å². The van der Waals surface area contributed by atoms with E-state index in [1.165, 1.54) is 0 Å². The van der Waals surface area contributed by atoms with E-state index >= 15 is 4.39 Å². The molecule has 53 heavy (non-hydrogen) atoms. The molecular weight excluding hydrogens is 700 g/mol. The van der Waals surface area contributed by atoms with Gasteiger partial charge in [-0.05, 0) is 56.5 Å². The first-order valence-corrected chi connectivity index (χ1v) is 19.3. The zero-order valence-corrected chi connectivity index (χ0v) is 30.4. The molecule has 9 rings (SSSR count). The summed E-state index contributed by atoms with van der Waals surface area (Å²) >= 11 is 6.62. The molecule has 6 heterocycles. The van der Waals surface area contributed by atoms with Gasteiger partial charge in [0.2, 0.25) is 5.91 Å². The second kappa shape index (κ2) is 14.4. The van der Waals surface area contributed by atoms with Crippen molar-refractivity contribution in [3.63, 3.8) is 0 Å². The van der Waals surface area contributed by atoms with Crippen molar-refractivity contribution in [1.82, 2.24) is 29.7 Å². The molecule has 5 aliphatic rings. The van der Waals surface area contributed by atoms with Crippen LogP contribution >= 0.6 is 11.6 Å². The van der Waals surface area contributed by atoms with E-state index < -0.39 is 17.5 Å². The number of amides is 1. The molecule has 4 aromatic rings. The first-order valence-electron chi connectivity index (χ1n) is 19.0. The maximum Gasteiger partial charge on any atom is 0.319 e. The number of morpholine rings is 1. The van der Waals surface area contributed by atoms with Crippen molar-refractivity contribution in [3.8, 4) is 17.3 Å². The van der Waals surface area contributed by atoms with E-state index in [1.54, 1.807) is 24.4 Å². The topological polar surface area (TPSA) is 96.0 Å². The molecule has 4 saturated heterocycles. The van der Waals surface area contributed by atoms with E-state index in [4.69, 9.17) is 26.1 Å². The Morgan fingerprint density at radius 2 is 1.94 bits per heavy atom. The highest BCUT2D eigenvalue weighted by Crippen LogP contribution is 2.41. The van der Waals surface area contributed by atoms with Crippen LogP contribution in [0.2, 0.25) is 5.02 Å². The SMILES string of the molecule is O=C(/C=C/CN1C2CCC1COC2)N(CCNc1nc(OC[C@@]23CCCN2C[C@H](F)C3)nc2c(F)c(-c3cccc4cccc(Cl)c34)ncc12)C1CC1. The van der Waals surface area contributed by atoms with Crippen LogP contribution in [0.4, 0.5) is 14.6 Å². The number of halogens is 3. The normalized spacial score (nSPS) is 25.8. The predicted molar refractivity (Wildman–Crippen MR) is 200 cm³/mol. The number of rotatable bonds is 12. The first-order chi connectivity index (χ1) is 25.9. The number of benzene rings is 2. The Morgan fingerprint density at radius 1 is 1.13 bits per heavy atom. The number of carbonyl (C=O) groups is 1. The molecule has 0 radical (unpaired) electrons. The van der Waals surface area contributed by atoms with Crippen molar-refractivity contribution in [1.29, 1.82) is 0 Å². The van der Waals surface area contributed by atoms with Gasteiger partial charge in [0.25, 0.3) is 0 Å². The van der Waals surface area contributed by atoms with Crippen LogP contribution in [0, 0.1) is 5.82 Å². The molecule has 1 N–H and O–H groups in total. The molecule has 278 valence electrons.